The van der Waals surface area contributed by atoms with E-state index in [1.807, 2.05) is 24.0 Å². The fraction of sp³-hybridized carbons (Fsp3) is 0.615. The van der Waals surface area contributed by atoms with Crippen LogP contribution >= 0.6 is 11.3 Å². The zero-order valence-corrected chi connectivity index (χ0v) is 11.3. The standard InChI is InChI=1S/C13H20N2OS/c1-9-3-5-11(7-14)8-15(9)13(16)12-6-4-10(2)17-12/h4,6,9,11H,3,5,7-8,14H2,1-2H3. The lowest BCUT2D eigenvalue weighted by Gasteiger charge is -2.37. The van der Waals surface area contributed by atoms with Crippen LogP contribution in [0.5, 0.6) is 0 Å². The molecule has 0 aliphatic carbocycles. The maximum atomic E-state index is 12.4. The first-order chi connectivity index (χ1) is 8.11. The van der Waals surface area contributed by atoms with Gasteiger partial charge in [-0.1, -0.05) is 0 Å². The smallest absolute Gasteiger partial charge is 0.264 e. The Morgan fingerprint density at radius 2 is 2.29 bits per heavy atom. The lowest BCUT2D eigenvalue weighted by molar-refractivity contribution is 0.0572. The van der Waals surface area contributed by atoms with E-state index in [1.165, 1.54) is 4.88 Å². The van der Waals surface area contributed by atoms with Gasteiger partial charge in [0.2, 0.25) is 0 Å². The van der Waals surface area contributed by atoms with E-state index >= 15 is 0 Å². The minimum absolute atomic E-state index is 0.175. The lowest BCUT2D eigenvalue weighted by Crippen LogP contribution is -2.46. The van der Waals surface area contributed by atoms with Gasteiger partial charge in [0.15, 0.2) is 0 Å². The molecule has 2 heterocycles. The molecule has 1 fully saturated rings. The van der Waals surface area contributed by atoms with E-state index in [2.05, 4.69) is 6.92 Å². The molecule has 0 bridgehead atoms. The second kappa shape index (κ2) is 5.19. The number of carbonyl (C=O) groups excluding carboxylic acids is 1. The van der Waals surface area contributed by atoms with Gasteiger partial charge in [-0.05, 0) is 51.3 Å². The number of rotatable bonds is 2. The van der Waals surface area contributed by atoms with Crippen LogP contribution in [-0.4, -0.2) is 29.9 Å². The zero-order chi connectivity index (χ0) is 12.4. The minimum Gasteiger partial charge on any atom is -0.335 e. The maximum Gasteiger partial charge on any atom is 0.264 e. The van der Waals surface area contributed by atoms with Crippen molar-refractivity contribution in [1.82, 2.24) is 4.90 Å². The van der Waals surface area contributed by atoms with Crippen LogP contribution in [0, 0.1) is 12.8 Å². The lowest BCUT2D eigenvalue weighted by atomic mass is 9.93. The SMILES string of the molecule is Cc1ccc(C(=O)N2CC(CN)CCC2C)s1. The van der Waals surface area contributed by atoms with Crippen LogP contribution in [0.25, 0.3) is 0 Å². The second-order valence-electron chi connectivity index (χ2n) is 4.90. The van der Waals surface area contributed by atoms with E-state index in [-0.39, 0.29) is 5.91 Å². The first-order valence-electron chi connectivity index (χ1n) is 6.19. The molecule has 0 spiro atoms. The highest BCUT2D eigenvalue weighted by Gasteiger charge is 2.29. The predicted molar refractivity (Wildman–Crippen MR) is 71.3 cm³/mol. The molecule has 3 nitrogen and oxygen atoms in total. The number of aryl methyl sites for hydroxylation is 1. The number of nitrogens with zero attached hydrogens (tertiary/aromatic N) is 1. The van der Waals surface area contributed by atoms with Gasteiger partial charge >= 0.3 is 0 Å². The van der Waals surface area contributed by atoms with Crippen LogP contribution < -0.4 is 5.73 Å². The number of likely N-dealkylation sites (tertiary alicyclic amines) is 1. The summed E-state index contributed by atoms with van der Waals surface area (Å²) >= 11 is 1.58. The molecule has 1 saturated heterocycles. The van der Waals surface area contributed by atoms with Crippen molar-refractivity contribution < 1.29 is 4.79 Å². The van der Waals surface area contributed by atoms with Gasteiger partial charge in [-0.3, -0.25) is 4.79 Å². The maximum absolute atomic E-state index is 12.4. The van der Waals surface area contributed by atoms with Gasteiger partial charge in [-0.2, -0.15) is 0 Å². The quantitative estimate of drug-likeness (QED) is 0.877. The summed E-state index contributed by atoms with van der Waals surface area (Å²) in [5.74, 6) is 0.643. The van der Waals surface area contributed by atoms with E-state index < -0.39 is 0 Å². The van der Waals surface area contributed by atoms with Gasteiger partial charge in [-0.25, -0.2) is 0 Å². The molecule has 4 heteroatoms. The van der Waals surface area contributed by atoms with Crippen LogP contribution in [0.1, 0.15) is 34.3 Å². The Bertz CT molecular complexity index is 402. The average molecular weight is 252 g/mol. The van der Waals surface area contributed by atoms with Gasteiger partial charge in [0, 0.05) is 17.5 Å². The molecule has 1 aromatic heterocycles. The van der Waals surface area contributed by atoms with Crippen molar-refractivity contribution in [3.63, 3.8) is 0 Å². The Kier molecular flexibility index (Phi) is 3.84. The summed E-state index contributed by atoms with van der Waals surface area (Å²) in [4.78, 5) is 16.4. The van der Waals surface area contributed by atoms with Crippen LogP contribution in [0.3, 0.4) is 0 Å². The largest absolute Gasteiger partial charge is 0.335 e. The summed E-state index contributed by atoms with van der Waals surface area (Å²) < 4.78 is 0. The molecule has 0 radical (unpaired) electrons. The summed E-state index contributed by atoms with van der Waals surface area (Å²) in [6.45, 7) is 5.66. The number of thiophene rings is 1. The Labute approximate surface area is 107 Å². The fourth-order valence-corrected chi connectivity index (χ4v) is 3.17. The van der Waals surface area contributed by atoms with Crippen molar-refractivity contribution in [3.8, 4) is 0 Å². The summed E-state index contributed by atoms with van der Waals surface area (Å²) in [6.07, 6.45) is 2.21. The highest BCUT2D eigenvalue weighted by Crippen LogP contribution is 2.25. The average Bonchev–Trinajstić information content (AvgIpc) is 2.76. The molecule has 2 N–H and O–H groups in total. The third-order valence-electron chi connectivity index (χ3n) is 3.52. The predicted octanol–water partition coefficient (Wildman–Crippen LogP) is 2.26. The van der Waals surface area contributed by atoms with Crippen LogP contribution in [0.2, 0.25) is 0 Å². The molecule has 0 saturated carbocycles. The van der Waals surface area contributed by atoms with Crippen LogP contribution in [0.4, 0.5) is 0 Å². The Morgan fingerprint density at radius 1 is 1.53 bits per heavy atom. The summed E-state index contributed by atoms with van der Waals surface area (Å²) in [5, 5.41) is 0. The Morgan fingerprint density at radius 3 is 2.88 bits per heavy atom. The number of nitrogens with two attached hydrogens (primary N) is 1. The minimum atomic E-state index is 0.175. The molecule has 1 aliphatic heterocycles. The first kappa shape index (κ1) is 12.6. The van der Waals surface area contributed by atoms with Crippen molar-refractivity contribution in [2.75, 3.05) is 13.1 Å². The monoisotopic (exact) mass is 252 g/mol. The number of amides is 1. The van der Waals surface area contributed by atoms with Crippen molar-refractivity contribution >= 4 is 17.2 Å². The number of hydrogen-bond donors (Lipinski definition) is 1. The molecule has 17 heavy (non-hydrogen) atoms. The molecule has 1 aromatic rings. The van der Waals surface area contributed by atoms with Crippen molar-refractivity contribution in [2.24, 2.45) is 11.7 Å². The molecule has 2 unspecified atom stereocenters. The van der Waals surface area contributed by atoms with Crippen LogP contribution in [0.15, 0.2) is 12.1 Å². The second-order valence-corrected chi connectivity index (χ2v) is 6.18. The number of hydrogen-bond acceptors (Lipinski definition) is 3. The van der Waals surface area contributed by atoms with Crippen molar-refractivity contribution in [3.05, 3.63) is 21.9 Å². The summed E-state index contributed by atoms with van der Waals surface area (Å²) in [6, 6.07) is 4.28. The first-order valence-corrected chi connectivity index (χ1v) is 7.01. The van der Waals surface area contributed by atoms with Gasteiger partial charge in [0.05, 0.1) is 4.88 Å². The number of piperidine rings is 1. The normalized spacial score (nSPS) is 25.0. The molecule has 1 aliphatic rings. The van der Waals surface area contributed by atoms with Crippen LogP contribution in [-0.2, 0) is 0 Å². The van der Waals surface area contributed by atoms with Crippen molar-refractivity contribution in [1.29, 1.82) is 0 Å². The molecule has 1 amide bonds. The summed E-state index contributed by atoms with van der Waals surface area (Å²) in [7, 11) is 0. The third-order valence-corrected chi connectivity index (χ3v) is 4.51. The zero-order valence-electron chi connectivity index (χ0n) is 10.5. The molecular weight excluding hydrogens is 232 g/mol. The Balaban J connectivity index is 2.12. The third kappa shape index (κ3) is 2.69. The van der Waals surface area contributed by atoms with Gasteiger partial charge in [0.1, 0.15) is 0 Å². The highest BCUT2D eigenvalue weighted by atomic mass is 32.1. The van der Waals surface area contributed by atoms with Crippen molar-refractivity contribution in [2.45, 2.75) is 32.7 Å². The van der Waals surface area contributed by atoms with E-state index in [9.17, 15) is 4.79 Å². The fourth-order valence-electron chi connectivity index (χ4n) is 2.35. The molecule has 94 valence electrons. The van der Waals surface area contributed by atoms with E-state index in [0.717, 1.165) is 24.3 Å². The molecular formula is C13H20N2OS. The van der Waals surface area contributed by atoms with Gasteiger partial charge in [0.25, 0.3) is 5.91 Å². The molecule has 0 aromatic carbocycles. The Hall–Kier alpha value is -0.870. The van der Waals surface area contributed by atoms with E-state index in [1.54, 1.807) is 11.3 Å². The molecule has 2 atom stereocenters. The van der Waals surface area contributed by atoms with E-state index in [0.29, 0.717) is 18.5 Å². The van der Waals surface area contributed by atoms with E-state index in [4.69, 9.17) is 5.73 Å². The highest BCUT2D eigenvalue weighted by molar-refractivity contribution is 7.13. The van der Waals surface area contributed by atoms with Gasteiger partial charge in [-0.15, -0.1) is 11.3 Å². The topological polar surface area (TPSA) is 46.3 Å². The summed E-state index contributed by atoms with van der Waals surface area (Å²) in [5.41, 5.74) is 5.72. The van der Waals surface area contributed by atoms with Gasteiger partial charge < -0.3 is 10.6 Å². The number of carbonyl (C=O) groups is 1. The molecule has 2 rings (SSSR count).